The first kappa shape index (κ1) is 23.2. The summed E-state index contributed by atoms with van der Waals surface area (Å²) in [6.07, 6.45) is 6.22. The van der Waals surface area contributed by atoms with Gasteiger partial charge >= 0.3 is 0 Å². The Kier molecular flexibility index (Phi) is 7.15. The van der Waals surface area contributed by atoms with Crippen molar-refractivity contribution >= 4 is 23.2 Å². The van der Waals surface area contributed by atoms with Crippen molar-refractivity contribution in [3.05, 3.63) is 40.7 Å². The van der Waals surface area contributed by atoms with Crippen molar-refractivity contribution in [3.63, 3.8) is 0 Å². The maximum Gasteiger partial charge on any atom is 0.225 e. The Bertz CT molecular complexity index is 953. The zero-order chi connectivity index (χ0) is 22.8. The molecule has 2 fully saturated rings. The number of anilines is 1. The number of hydrogen-bond acceptors (Lipinski definition) is 4. The molecule has 8 heteroatoms. The molecule has 2 aromatic rings. The van der Waals surface area contributed by atoms with Crippen LogP contribution in [-0.2, 0) is 4.79 Å². The Morgan fingerprint density at radius 2 is 2.06 bits per heavy atom. The zero-order valence-corrected chi connectivity index (χ0v) is 19.5. The third-order valence-electron chi connectivity index (χ3n) is 6.55. The number of nitrogens with zero attached hydrogens (tertiary/aromatic N) is 3. The predicted molar refractivity (Wildman–Crippen MR) is 122 cm³/mol. The highest BCUT2D eigenvalue weighted by molar-refractivity contribution is 6.30. The standard InChI is InChI=1S/C24H32ClFN4O2/c1-14(2)9-15-10-17(11-15)24-29-28-23(30(24)19-4-5-19)16(7-8-31)12-22(32)27-21-6-3-18(25)13-20(21)26/h3,6,13-17,19,31H,4-5,7-12H2,1-2H3,(H,27,32)/t15-,16-,17+/m0/s1. The summed E-state index contributed by atoms with van der Waals surface area (Å²) in [6.45, 7) is 4.47. The highest BCUT2D eigenvalue weighted by Gasteiger charge is 2.39. The molecule has 0 spiro atoms. The van der Waals surface area contributed by atoms with Gasteiger partial charge in [0.15, 0.2) is 0 Å². The molecule has 4 rings (SSSR count). The molecule has 174 valence electrons. The summed E-state index contributed by atoms with van der Waals surface area (Å²) in [5.74, 6) is 2.52. The summed E-state index contributed by atoms with van der Waals surface area (Å²) in [5.41, 5.74) is 0.0946. The van der Waals surface area contributed by atoms with E-state index in [1.54, 1.807) is 0 Å². The molecule has 0 bridgehead atoms. The van der Waals surface area contributed by atoms with Crippen LogP contribution in [0.2, 0.25) is 5.02 Å². The quantitative estimate of drug-likeness (QED) is 0.492. The van der Waals surface area contributed by atoms with Crippen LogP contribution in [-0.4, -0.2) is 32.4 Å². The van der Waals surface area contributed by atoms with E-state index < -0.39 is 5.82 Å². The van der Waals surface area contributed by atoms with Gasteiger partial charge in [0, 0.05) is 35.9 Å². The highest BCUT2D eigenvalue weighted by atomic mass is 35.5. The van der Waals surface area contributed by atoms with E-state index in [2.05, 4.69) is 33.9 Å². The van der Waals surface area contributed by atoms with Crippen LogP contribution in [0.1, 0.15) is 88.3 Å². The Hall–Kier alpha value is -1.99. The Morgan fingerprint density at radius 1 is 1.31 bits per heavy atom. The number of hydrogen-bond donors (Lipinski definition) is 2. The van der Waals surface area contributed by atoms with Gasteiger partial charge in [-0.25, -0.2) is 4.39 Å². The Morgan fingerprint density at radius 3 is 2.69 bits per heavy atom. The molecule has 0 saturated heterocycles. The monoisotopic (exact) mass is 462 g/mol. The molecule has 1 atom stereocenters. The van der Waals surface area contributed by atoms with Crippen LogP contribution in [0, 0.1) is 17.7 Å². The van der Waals surface area contributed by atoms with E-state index in [1.165, 1.54) is 24.6 Å². The number of amides is 1. The minimum Gasteiger partial charge on any atom is -0.396 e. The van der Waals surface area contributed by atoms with Crippen LogP contribution >= 0.6 is 11.6 Å². The van der Waals surface area contributed by atoms with Gasteiger partial charge in [0.05, 0.1) is 5.69 Å². The fourth-order valence-corrected chi connectivity index (χ4v) is 5.04. The summed E-state index contributed by atoms with van der Waals surface area (Å²) in [6, 6.07) is 4.54. The molecule has 1 heterocycles. The normalized spacial score (nSPS) is 21.4. The SMILES string of the molecule is CC(C)C[C@H]1C[C@@H](c2nnc([C@@H](CCO)CC(=O)Nc3ccc(Cl)cc3F)n2C2CC2)C1. The molecule has 1 aromatic carbocycles. The van der Waals surface area contributed by atoms with Gasteiger partial charge in [0.1, 0.15) is 17.5 Å². The third-order valence-corrected chi connectivity index (χ3v) is 6.78. The number of aliphatic hydroxyl groups excluding tert-OH is 1. The predicted octanol–water partition coefficient (Wildman–Crippen LogP) is 5.44. The van der Waals surface area contributed by atoms with E-state index in [0.29, 0.717) is 24.3 Å². The second kappa shape index (κ2) is 9.87. The van der Waals surface area contributed by atoms with Gasteiger partial charge in [-0.05, 0) is 68.6 Å². The molecule has 2 saturated carbocycles. The lowest BCUT2D eigenvalue weighted by Gasteiger charge is -2.36. The maximum absolute atomic E-state index is 14.1. The summed E-state index contributed by atoms with van der Waals surface area (Å²) in [4.78, 5) is 12.7. The molecule has 0 radical (unpaired) electrons. The molecule has 2 N–H and O–H groups in total. The largest absolute Gasteiger partial charge is 0.396 e. The first-order valence-corrected chi connectivity index (χ1v) is 12.0. The topological polar surface area (TPSA) is 80.0 Å². The molecule has 1 aromatic heterocycles. The van der Waals surface area contributed by atoms with Crippen LogP contribution in [0.5, 0.6) is 0 Å². The van der Waals surface area contributed by atoms with Gasteiger partial charge in [-0.3, -0.25) is 4.79 Å². The maximum atomic E-state index is 14.1. The van der Waals surface area contributed by atoms with Crippen LogP contribution in [0.3, 0.4) is 0 Å². The van der Waals surface area contributed by atoms with Crippen molar-refractivity contribution in [3.8, 4) is 0 Å². The Balaban J connectivity index is 1.48. The van der Waals surface area contributed by atoms with E-state index in [-0.39, 0.29) is 35.6 Å². The van der Waals surface area contributed by atoms with Crippen molar-refractivity contribution in [2.45, 2.75) is 76.7 Å². The molecular weight excluding hydrogens is 431 g/mol. The summed E-state index contributed by atoms with van der Waals surface area (Å²) in [5, 5.41) is 21.6. The molecule has 32 heavy (non-hydrogen) atoms. The number of halogens is 2. The smallest absolute Gasteiger partial charge is 0.225 e. The Labute approximate surface area is 193 Å². The van der Waals surface area contributed by atoms with Crippen molar-refractivity contribution in [1.29, 1.82) is 0 Å². The number of carbonyl (C=O) groups is 1. The lowest BCUT2D eigenvalue weighted by Crippen LogP contribution is -2.26. The van der Waals surface area contributed by atoms with E-state index in [1.807, 2.05) is 0 Å². The van der Waals surface area contributed by atoms with Crippen molar-refractivity contribution < 1.29 is 14.3 Å². The van der Waals surface area contributed by atoms with E-state index in [9.17, 15) is 14.3 Å². The molecule has 6 nitrogen and oxygen atoms in total. The number of aromatic nitrogens is 3. The fourth-order valence-electron chi connectivity index (χ4n) is 4.88. The minimum atomic E-state index is -0.575. The van der Waals surface area contributed by atoms with E-state index >= 15 is 0 Å². The number of rotatable bonds is 10. The molecule has 2 aliphatic rings. The summed E-state index contributed by atoms with van der Waals surface area (Å²) >= 11 is 5.79. The van der Waals surface area contributed by atoms with Gasteiger partial charge < -0.3 is 15.0 Å². The third kappa shape index (κ3) is 5.31. The van der Waals surface area contributed by atoms with Crippen molar-refractivity contribution in [1.82, 2.24) is 14.8 Å². The van der Waals surface area contributed by atoms with Crippen LogP contribution in [0.25, 0.3) is 0 Å². The lowest BCUT2D eigenvalue weighted by molar-refractivity contribution is -0.116. The first-order valence-electron chi connectivity index (χ1n) is 11.7. The molecular formula is C24H32ClFN4O2. The number of carbonyl (C=O) groups excluding carboxylic acids is 1. The number of benzene rings is 1. The van der Waals surface area contributed by atoms with Gasteiger partial charge in [-0.2, -0.15) is 0 Å². The van der Waals surface area contributed by atoms with Crippen LogP contribution < -0.4 is 5.32 Å². The number of nitrogens with one attached hydrogen (secondary N) is 1. The first-order chi connectivity index (χ1) is 15.4. The fraction of sp³-hybridized carbons (Fsp3) is 0.625. The van der Waals surface area contributed by atoms with Gasteiger partial charge in [-0.15, -0.1) is 10.2 Å². The van der Waals surface area contributed by atoms with E-state index in [0.717, 1.165) is 43.3 Å². The second-order valence-electron chi connectivity index (χ2n) is 9.77. The van der Waals surface area contributed by atoms with Gasteiger partial charge in [0.25, 0.3) is 0 Å². The average molecular weight is 463 g/mol. The van der Waals surface area contributed by atoms with Crippen molar-refractivity contribution in [2.24, 2.45) is 11.8 Å². The number of aliphatic hydroxyl groups is 1. The van der Waals surface area contributed by atoms with Gasteiger partial charge in [-0.1, -0.05) is 25.4 Å². The second-order valence-corrected chi connectivity index (χ2v) is 10.2. The van der Waals surface area contributed by atoms with Crippen LogP contribution in [0.4, 0.5) is 10.1 Å². The summed E-state index contributed by atoms with van der Waals surface area (Å²) < 4.78 is 16.3. The average Bonchev–Trinajstić information content (AvgIpc) is 3.45. The molecule has 0 aliphatic heterocycles. The lowest BCUT2D eigenvalue weighted by atomic mass is 9.71. The molecule has 0 unspecified atom stereocenters. The molecule has 2 aliphatic carbocycles. The van der Waals surface area contributed by atoms with Gasteiger partial charge in [0.2, 0.25) is 5.91 Å². The highest BCUT2D eigenvalue weighted by Crippen LogP contribution is 2.48. The van der Waals surface area contributed by atoms with Crippen LogP contribution in [0.15, 0.2) is 18.2 Å². The van der Waals surface area contributed by atoms with Crippen molar-refractivity contribution in [2.75, 3.05) is 11.9 Å². The minimum absolute atomic E-state index is 0.0556. The van der Waals surface area contributed by atoms with E-state index in [4.69, 9.17) is 11.6 Å². The summed E-state index contributed by atoms with van der Waals surface area (Å²) in [7, 11) is 0. The molecule has 1 amide bonds. The zero-order valence-electron chi connectivity index (χ0n) is 18.7.